The second kappa shape index (κ2) is 8.55. The normalized spacial score (nSPS) is 20.3. The molecule has 0 radical (unpaired) electrons. The van der Waals surface area contributed by atoms with Crippen molar-refractivity contribution in [3.8, 4) is 0 Å². The third kappa shape index (κ3) is 5.12. The maximum atomic E-state index is 3.76. The van der Waals surface area contributed by atoms with Crippen molar-refractivity contribution in [3.63, 3.8) is 0 Å². The summed E-state index contributed by atoms with van der Waals surface area (Å²) in [6, 6.07) is 11.4. The lowest BCUT2D eigenvalue weighted by Gasteiger charge is -2.35. The summed E-state index contributed by atoms with van der Waals surface area (Å²) in [6.07, 6.45) is 3.92. The molecule has 2 unspecified atom stereocenters. The molecule has 0 amide bonds. The van der Waals surface area contributed by atoms with Crippen LogP contribution in [0, 0.1) is 11.8 Å². The molecular formula is C19H32N2. The Morgan fingerprint density at radius 2 is 1.86 bits per heavy atom. The van der Waals surface area contributed by atoms with Gasteiger partial charge in [0.1, 0.15) is 0 Å². The molecule has 0 spiro atoms. The smallest absolute Gasteiger partial charge is 0.0358 e. The van der Waals surface area contributed by atoms with Crippen LogP contribution in [0.3, 0.4) is 0 Å². The standard InChI is InChI=1S/C19H32N2/c1-4-12-20-19(18-8-6-5-7-9-18)17(3)15-21-13-10-16(2)11-14-21/h5-9,16-17,19-20H,4,10-15H2,1-3H3. The van der Waals surface area contributed by atoms with Gasteiger partial charge < -0.3 is 10.2 Å². The van der Waals surface area contributed by atoms with E-state index in [0.29, 0.717) is 12.0 Å². The van der Waals surface area contributed by atoms with Crippen LogP contribution in [0.4, 0.5) is 0 Å². The maximum Gasteiger partial charge on any atom is 0.0358 e. The minimum Gasteiger partial charge on any atom is -0.310 e. The third-order valence-corrected chi connectivity index (χ3v) is 4.76. The molecule has 1 aliphatic rings. The van der Waals surface area contributed by atoms with E-state index in [0.717, 1.165) is 12.5 Å². The fourth-order valence-corrected chi connectivity index (χ4v) is 3.37. The number of rotatable bonds is 7. The lowest BCUT2D eigenvalue weighted by molar-refractivity contribution is 0.157. The van der Waals surface area contributed by atoms with Crippen LogP contribution >= 0.6 is 0 Å². The maximum absolute atomic E-state index is 3.76. The van der Waals surface area contributed by atoms with E-state index < -0.39 is 0 Å². The van der Waals surface area contributed by atoms with Crippen LogP contribution in [0.15, 0.2) is 30.3 Å². The highest BCUT2D eigenvalue weighted by molar-refractivity contribution is 5.19. The summed E-state index contributed by atoms with van der Waals surface area (Å²) in [5, 5.41) is 3.76. The number of benzene rings is 1. The molecular weight excluding hydrogens is 256 g/mol. The molecule has 2 rings (SSSR count). The number of hydrogen-bond acceptors (Lipinski definition) is 2. The van der Waals surface area contributed by atoms with Gasteiger partial charge >= 0.3 is 0 Å². The van der Waals surface area contributed by atoms with Crippen molar-refractivity contribution in [2.24, 2.45) is 11.8 Å². The first-order valence-electron chi connectivity index (χ1n) is 8.71. The molecule has 0 aromatic heterocycles. The first kappa shape index (κ1) is 16.5. The highest BCUT2D eigenvalue weighted by Gasteiger charge is 2.23. The van der Waals surface area contributed by atoms with Gasteiger partial charge in [-0.05, 0) is 56.3 Å². The summed E-state index contributed by atoms with van der Waals surface area (Å²) >= 11 is 0. The molecule has 21 heavy (non-hydrogen) atoms. The van der Waals surface area contributed by atoms with Crippen LogP contribution in [0.25, 0.3) is 0 Å². The molecule has 1 saturated heterocycles. The average molecular weight is 288 g/mol. The van der Waals surface area contributed by atoms with Gasteiger partial charge in [-0.15, -0.1) is 0 Å². The summed E-state index contributed by atoms with van der Waals surface area (Å²) < 4.78 is 0. The lowest BCUT2D eigenvalue weighted by Crippen LogP contribution is -2.40. The Bertz CT molecular complexity index is 382. The zero-order chi connectivity index (χ0) is 15.1. The molecule has 1 aliphatic heterocycles. The first-order valence-corrected chi connectivity index (χ1v) is 8.71. The van der Waals surface area contributed by atoms with Crippen LogP contribution in [0.5, 0.6) is 0 Å². The molecule has 1 aromatic rings. The van der Waals surface area contributed by atoms with E-state index in [1.165, 1.54) is 44.5 Å². The van der Waals surface area contributed by atoms with Crippen molar-refractivity contribution in [1.82, 2.24) is 10.2 Å². The first-order chi connectivity index (χ1) is 10.2. The largest absolute Gasteiger partial charge is 0.310 e. The van der Waals surface area contributed by atoms with Gasteiger partial charge in [0, 0.05) is 12.6 Å². The summed E-state index contributed by atoms with van der Waals surface area (Å²) in [7, 11) is 0. The third-order valence-electron chi connectivity index (χ3n) is 4.76. The Balaban J connectivity index is 1.95. The zero-order valence-corrected chi connectivity index (χ0v) is 14.0. The van der Waals surface area contributed by atoms with Crippen molar-refractivity contribution in [2.45, 2.75) is 46.1 Å². The summed E-state index contributed by atoms with van der Waals surface area (Å²) in [5.41, 5.74) is 1.43. The highest BCUT2D eigenvalue weighted by Crippen LogP contribution is 2.25. The lowest BCUT2D eigenvalue weighted by atomic mass is 9.92. The number of likely N-dealkylation sites (tertiary alicyclic amines) is 1. The van der Waals surface area contributed by atoms with Crippen molar-refractivity contribution < 1.29 is 0 Å². The van der Waals surface area contributed by atoms with Gasteiger partial charge in [0.25, 0.3) is 0 Å². The molecule has 2 heteroatoms. The van der Waals surface area contributed by atoms with Gasteiger partial charge in [-0.25, -0.2) is 0 Å². The van der Waals surface area contributed by atoms with Crippen molar-refractivity contribution >= 4 is 0 Å². The van der Waals surface area contributed by atoms with Crippen LogP contribution in [0.1, 0.15) is 51.6 Å². The molecule has 1 fully saturated rings. The number of nitrogens with one attached hydrogen (secondary N) is 1. The topological polar surface area (TPSA) is 15.3 Å². The van der Waals surface area contributed by atoms with E-state index in [1.807, 2.05) is 0 Å². The number of hydrogen-bond donors (Lipinski definition) is 1. The summed E-state index contributed by atoms with van der Waals surface area (Å²) in [5.74, 6) is 1.56. The molecule has 2 atom stereocenters. The minimum atomic E-state index is 0.477. The molecule has 1 heterocycles. The molecule has 1 aromatic carbocycles. The minimum absolute atomic E-state index is 0.477. The summed E-state index contributed by atoms with van der Waals surface area (Å²) in [4.78, 5) is 2.66. The average Bonchev–Trinajstić information content (AvgIpc) is 2.51. The predicted molar refractivity (Wildman–Crippen MR) is 91.5 cm³/mol. The van der Waals surface area contributed by atoms with Gasteiger partial charge in [-0.2, -0.15) is 0 Å². The van der Waals surface area contributed by atoms with Crippen LogP contribution in [-0.2, 0) is 0 Å². The molecule has 0 saturated carbocycles. The molecule has 0 bridgehead atoms. The van der Waals surface area contributed by atoms with E-state index in [2.05, 4.69) is 61.3 Å². The van der Waals surface area contributed by atoms with E-state index in [1.54, 1.807) is 0 Å². The number of nitrogens with zero attached hydrogens (tertiary/aromatic N) is 1. The molecule has 0 aliphatic carbocycles. The van der Waals surface area contributed by atoms with Crippen molar-refractivity contribution in [2.75, 3.05) is 26.2 Å². The van der Waals surface area contributed by atoms with Crippen LogP contribution in [0.2, 0.25) is 0 Å². The van der Waals surface area contributed by atoms with E-state index in [9.17, 15) is 0 Å². The molecule has 1 N–H and O–H groups in total. The fraction of sp³-hybridized carbons (Fsp3) is 0.684. The molecule has 118 valence electrons. The Morgan fingerprint density at radius 3 is 2.48 bits per heavy atom. The van der Waals surface area contributed by atoms with Gasteiger partial charge in [0.15, 0.2) is 0 Å². The SMILES string of the molecule is CCCNC(c1ccccc1)C(C)CN1CCC(C)CC1. The van der Waals surface area contributed by atoms with Crippen molar-refractivity contribution in [3.05, 3.63) is 35.9 Å². The summed E-state index contributed by atoms with van der Waals surface area (Å²) in [6.45, 7) is 11.9. The monoisotopic (exact) mass is 288 g/mol. The Kier molecular flexibility index (Phi) is 6.72. The van der Waals surface area contributed by atoms with Crippen LogP contribution < -0.4 is 5.32 Å². The second-order valence-corrected chi connectivity index (χ2v) is 6.80. The van der Waals surface area contributed by atoms with Gasteiger partial charge in [-0.3, -0.25) is 0 Å². The predicted octanol–water partition coefficient (Wildman–Crippen LogP) is 4.10. The molecule has 2 nitrogen and oxygen atoms in total. The van der Waals surface area contributed by atoms with E-state index in [-0.39, 0.29) is 0 Å². The van der Waals surface area contributed by atoms with E-state index in [4.69, 9.17) is 0 Å². The highest BCUT2D eigenvalue weighted by atomic mass is 15.1. The van der Waals surface area contributed by atoms with Gasteiger partial charge in [0.2, 0.25) is 0 Å². The fourth-order valence-electron chi connectivity index (χ4n) is 3.37. The quantitative estimate of drug-likeness (QED) is 0.813. The Labute approximate surface area is 130 Å². The zero-order valence-electron chi connectivity index (χ0n) is 14.0. The van der Waals surface area contributed by atoms with Crippen LogP contribution in [-0.4, -0.2) is 31.1 Å². The van der Waals surface area contributed by atoms with E-state index >= 15 is 0 Å². The number of piperidine rings is 1. The Morgan fingerprint density at radius 1 is 1.19 bits per heavy atom. The van der Waals surface area contributed by atoms with Gasteiger partial charge in [-0.1, -0.05) is 51.1 Å². The van der Waals surface area contributed by atoms with Gasteiger partial charge in [0.05, 0.1) is 0 Å². The second-order valence-electron chi connectivity index (χ2n) is 6.80. The van der Waals surface area contributed by atoms with Crippen molar-refractivity contribution in [1.29, 1.82) is 0 Å². The Hall–Kier alpha value is -0.860.